The van der Waals surface area contributed by atoms with E-state index in [9.17, 15) is 14.4 Å². The molecule has 3 amide bonds. The van der Waals surface area contributed by atoms with E-state index < -0.39 is 23.8 Å². The van der Waals surface area contributed by atoms with Crippen molar-refractivity contribution in [2.24, 2.45) is 29.4 Å². The van der Waals surface area contributed by atoms with Crippen molar-refractivity contribution in [2.45, 2.75) is 64.8 Å². The predicted molar refractivity (Wildman–Crippen MR) is 106 cm³/mol. The Labute approximate surface area is 162 Å². The highest BCUT2D eigenvalue weighted by molar-refractivity contribution is 5.91. The second-order valence-corrected chi connectivity index (χ2v) is 8.55. The summed E-state index contributed by atoms with van der Waals surface area (Å²) in [4.78, 5) is 39.8. The van der Waals surface area contributed by atoms with Gasteiger partial charge in [-0.3, -0.25) is 14.4 Å². The molecular formula is C21H35N3O3. The molecule has 0 aromatic carbocycles. The van der Waals surface area contributed by atoms with Gasteiger partial charge >= 0.3 is 0 Å². The Morgan fingerprint density at radius 2 is 1.96 bits per heavy atom. The molecule has 6 heteroatoms. The van der Waals surface area contributed by atoms with Gasteiger partial charge in [-0.1, -0.05) is 19.9 Å². The molecule has 0 bridgehead atoms. The summed E-state index contributed by atoms with van der Waals surface area (Å²) < 4.78 is 0. The summed E-state index contributed by atoms with van der Waals surface area (Å²) in [6, 6.07) is -0.495. The molecule has 0 aromatic heterocycles. The molecule has 1 heterocycles. The maximum atomic E-state index is 13.0. The molecule has 0 radical (unpaired) electrons. The highest BCUT2D eigenvalue weighted by Gasteiger charge is 2.36. The lowest BCUT2D eigenvalue weighted by molar-refractivity contribution is -0.139. The van der Waals surface area contributed by atoms with Crippen LogP contribution >= 0.6 is 0 Å². The van der Waals surface area contributed by atoms with Crippen molar-refractivity contribution in [2.75, 3.05) is 13.1 Å². The Morgan fingerprint density at radius 3 is 2.52 bits per heavy atom. The van der Waals surface area contributed by atoms with E-state index in [1.165, 1.54) is 12.8 Å². The zero-order valence-electron chi connectivity index (χ0n) is 16.8. The molecule has 0 unspecified atom stereocenters. The minimum Gasteiger partial charge on any atom is -0.369 e. The molecule has 2 fully saturated rings. The van der Waals surface area contributed by atoms with E-state index in [2.05, 4.69) is 11.9 Å². The van der Waals surface area contributed by atoms with Crippen LogP contribution in [0.4, 0.5) is 0 Å². The smallest absolute Gasteiger partial charge is 0.245 e. The van der Waals surface area contributed by atoms with Crippen LogP contribution in [0.3, 0.4) is 0 Å². The topological polar surface area (TPSA) is 92.5 Å². The number of carbonyl (C=O) groups excluding carboxylic acids is 3. The SMILES string of the molecule is C=CC[C@H](C(N)=O)[C@@H](CC(C)C)C(=O)N[C@H]1CCCCN(CC2CC2)C1=O. The first-order valence-electron chi connectivity index (χ1n) is 10.3. The molecule has 1 saturated heterocycles. The normalized spacial score (nSPS) is 22.9. The summed E-state index contributed by atoms with van der Waals surface area (Å²) in [6.07, 6.45) is 7.48. The minimum absolute atomic E-state index is 0.0235. The van der Waals surface area contributed by atoms with Gasteiger partial charge in [0, 0.05) is 13.1 Å². The Kier molecular flexibility index (Phi) is 7.87. The average molecular weight is 378 g/mol. The molecule has 0 aromatic rings. The molecule has 1 saturated carbocycles. The van der Waals surface area contributed by atoms with Crippen LogP contribution in [0.2, 0.25) is 0 Å². The maximum Gasteiger partial charge on any atom is 0.245 e. The number of primary amides is 1. The molecule has 3 N–H and O–H groups in total. The number of allylic oxidation sites excluding steroid dienone is 1. The summed E-state index contributed by atoms with van der Waals surface area (Å²) in [6.45, 7) is 9.30. The lowest BCUT2D eigenvalue weighted by Crippen LogP contribution is -2.51. The van der Waals surface area contributed by atoms with Crippen molar-refractivity contribution in [1.82, 2.24) is 10.2 Å². The molecule has 6 nitrogen and oxygen atoms in total. The van der Waals surface area contributed by atoms with E-state index >= 15 is 0 Å². The molecule has 0 spiro atoms. The summed E-state index contributed by atoms with van der Waals surface area (Å²) >= 11 is 0. The van der Waals surface area contributed by atoms with Crippen LogP contribution < -0.4 is 11.1 Å². The maximum absolute atomic E-state index is 13.0. The van der Waals surface area contributed by atoms with E-state index in [-0.39, 0.29) is 17.7 Å². The Balaban J connectivity index is 2.09. The zero-order chi connectivity index (χ0) is 20.0. The number of amides is 3. The number of carbonyl (C=O) groups is 3. The van der Waals surface area contributed by atoms with Crippen LogP contribution in [0.25, 0.3) is 0 Å². The molecular weight excluding hydrogens is 342 g/mol. The van der Waals surface area contributed by atoms with E-state index in [1.54, 1.807) is 6.08 Å². The third-order valence-corrected chi connectivity index (χ3v) is 5.61. The Morgan fingerprint density at radius 1 is 1.26 bits per heavy atom. The third kappa shape index (κ3) is 6.36. The first-order chi connectivity index (χ1) is 12.8. The molecule has 27 heavy (non-hydrogen) atoms. The van der Waals surface area contributed by atoms with Crippen LogP contribution in [-0.2, 0) is 14.4 Å². The second-order valence-electron chi connectivity index (χ2n) is 8.55. The summed E-state index contributed by atoms with van der Waals surface area (Å²) in [5.41, 5.74) is 5.56. The average Bonchev–Trinajstić information content (AvgIpc) is 3.43. The molecule has 1 aliphatic heterocycles. The van der Waals surface area contributed by atoms with Crippen LogP contribution in [0, 0.1) is 23.7 Å². The number of nitrogens with two attached hydrogens (primary N) is 1. The van der Waals surface area contributed by atoms with E-state index in [4.69, 9.17) is 5.73 Å². The van der Waals surface area contributed by atoms with Crippen molar-refractivity contribution in [3.63, 3.8) is 0 Å². The second kappa shape index (κ2) is 9.90. The van der Waals surface area contributed by atoms with Gasteiger partial charge in [0.05, 0.1) is 11.8 Å². The van der Waals surface area contributed by atoms with Gasteiger partial charge in [0.25, 0.3) is 0 Å². The van der Waals surface area contributed by atoms with Crippen molar-refractivity contribution in [3.8, 4) is 0 Å². The van der Waals surface area contributed by atoms with Crippen molar-refractivity contribution < 1.29 is 14.4 Å². The van der Waals surface area contributed by atoms with Crippen molar-refractivity contribution in [3.05, 3.63) is 12.7 Å². The van der Waals surface area contributed by atoms with Crippen LogP contribution in [0.15, 0.2) is 12.7 Å². The number of likely N-dealkylation sites (tertiary alicyclic amines) is 1. The van der Waals surface area contributed by atoms with Gasteiger partial charge in [0.1, 0.15) is 6.04 Å². The van der Waals surface area contributed by atoms with Crippen molar-refractivity contribution in [1.29, 1.82) is 0 Å². The molecule has 2 rings (SSSR count). The summed E-state index contributed by atoms with van der Waals surface area (Å²) in [5, 5.41) is 2.96. The van der Waals surface area contributed by atoms with Gasteiger partial charge in [-0.15, -0.1) is 6.58 Å². The number of hydrogen-bond acceptors (Lipinski definition) is 3. The highest BCUT2D eigenvalue weighted by atomic mass is 16.2. The minimum atomic E-state index is -0.589. The molecule has 1 aliphatic carbocycles. The summed E-state index contributed by atoms with van der Waals surface area (Å²) in [5.74, 6) is -0.955. The molecule has 3 atom stereocenters. The zero-order valence-corrected chi connectivity index (χ0v) is 16.8. The first kappa shape index (κ1) is 21.5. The number of hydrogen-bond donors (Lipinski definition) is 2. The predicted octanol–water partition coefficient (Wildman–Crippen LogP) is 2.23. The lowest BCUT2D eigenvalue weighted by atomic mass is 9.82. The standard InChI is InChI=1S/C21H35N3O3/c1-4-7-16(19(22)25)17(12-14(2)3)20(26)23-18-8-5-6-11-24(21(18)27)13-15-9-10-15/h4,14-18H,1,5-13H2,2-3H3,(H2,22,25)(H,23,26)/t16-,17+,18-/m0/s1. The van der Waals surface area contributed by atoms with Crippen LogP contribution in [0.1, 0.15) is 58.8 Å². The van der Waals surface area contributed by atoms with Gasteiger partial charge < -0.3 is 16.0 Å². The fourth-order valence-electron chi connectivity index (χ4n) is 3.93. The van der Waals surface area contributed by atoms with Gasteiger partial charge in [-0.25, -0.2) is 0 Å². The fraction of sp³-hybridized carbons (Fsp3) is 0.762. The largest absolute Gasteiger partial charge is 0.369 e. The number of nitrogens with one attached hydrogen (secondary N) is 1. The van der Waals surface area contributed by atoms with E-state index in [0.29, 0.717) is 25.2 Å². The Hall–Kier alpha value is -1.85. The number of nitrogens with zero attached hydrogens (tertiary/aromatic N) is 1. The Bertz CT molecular complexity index is 557. The van der Waals surface area contributed by atoms with Crippen LogP contribution in [0.5, 0.6) is 0 Å². The molecule has 2 aliphatic rings. The van der Waals surface area contributed by atoms with Gasteiger partial charge in [-0.05, 0) is 56.8 Å². The fourth-order valence-corrected chi connectivity index (χ4v) is 3.93. The van der Waals surface area contributed by atoms with E-state index in [0.717, 1.165) is 25.9 Å². The summed E-state index contributed by atoms with van der Waals surface area (Å²) in [7, 11) is 0. The van der Waals surface area contributed by atoms with Gasteiger partial charge in [-0.2, -0.15) is 0 Å². The monoisotopic (exact) mass is 377 g/mol. The molecule has 152 valence electrons. The highest BCUT2D eigenvalue weighted by Crippen LogP contribution is 2.31. The number of rotatable bonds is 10. The lowest BCUT2D eigenvalue weighted by Gasteiger charge is -2.29. The quantitative estimate of drug-likeness (QED) is 0.572. The first-order valence-corrected chi connectivity index (χ1v) is 10.3. The van der Waals surface area contributed by atoms with Gasteiger partial charge in [0.2, 0.25) is 17.7 Å². The van der Waals surface area contributed by atoms with Crippen LogP contribution in [-0.4, -0.2) is 41.8 Å². The van der Waals surface area contributed by atoms with E-state index in [1.807, 2.05) is 18.7 Å². The van der Waals surface area contributed by atoms with Gasteiger partial charge in [0.15, 0.2) is 0 Å². The third-order valence-electron chi connectivity index (χ3n) is 5.61. The van der Waals surface area contributed by atoms with Crippen molar-refractivity contribution >= 4 is 17.7 Å².